The van der Waals surface area contributed by atoms with Crippen LogP contribution in [-0.4, -0.2) is 43.3 Å². The molecule has 0 aromatic carbocycles. The third-order valence-corrected chi connectivity index (χ3v) is 2.18. The Balaban J connectivity index is 2.10. The van der Waals surface area contributed by atoms with E-state index in [1.165, 1.54) is 0 Å². The monoisotopic (exact) mass is 258 g/mol. The molecule has 2 N–H and O–H groups in total. The molecular formula is C11H18N2O5. The van der Waals surface area contributed by atoms with Crippen molar-refractivity contribution in [2.45, 2.75) is 38.8 Å². The van der Waals surface area contributed by atoms with Gasteiger partial charge in [-0.1, -0.05) is 0 Å². The fourth-order valence-corrected chi connectivity index (χ4v) is 1.44. The number of ether oxygens (including phenoxy) is 2. The zero-order valence-corrected chi connectivity index (χ0v) is 10.5. The predicted octanol–water partition coefficient (Wildman–Crippen LogP) is -0.0572. The first-order valence-corrected chi connectivity index (χ1v) is 5.87. The van der Waals surface area contributed by atoms with Crippen LogP contribution < -0.4 is 10.6 Å². The smallest absolute Gasteiger partial charge is 0.315 e. The highest BCUT2D eigenvalue weighted by Gasteiger charge is 2.24. The number of carbonyl (C=O) groups is 3. The van der Waals surface area contributed by atoms with Crippen LogP contribution in [0, 0.1) is 0 Å². The minimum absolute atomic E-state index is 0.117. The summed E-state index contributed by atoms with van der Waals surface area (Å²) in [7, 11) is 0. The van der Waals surface area contributed by atoms with Crippen molar-refractivity contribution in [2.24, 2.45) is 0 Å². The lowest BCUT2D eigenvalue weighted by molar-refractivity contribution is -0.147. The van der Waals surface area contributed by atoms with E-state index in [1.807, 2.05) is 0 Å². The van der Waals surface area contributed by atoms with Gasteiger partial charge in [-0.05, 0) is 13.8 Å². The highest BCUT2D eigenvalue weighted by atomic mass is 16.5. The first-order valence-electron chi connectivity index (χ1n) is 5.87. The Morgan fingerprint density at radius 3 is 2.78 bits per heavy atom. The summed E-state index contributed by atoms with van der Waals surface area (Å²) >= 11 is 0. The van der Waals surface area contributed by atoms with Gasteiger partial charge in [-0.15, -0.1) is 0 Å². The van der Waals surface area contributed by atoms with Crippen molar-refractivity contribution in [3.05, 3.63) is 0 Å². The van der Waals surface area contributed by atoms with Crippen LogP contribution in [0.4, 0.5) is 4.79 Å². The Labute approximate surface area is 105 Å². The zero-order chi connectivity index (χ0) is 13.5. The molecule has 0 bridgehead atoms. The van der Waals surface area contributed by atoms with E-state index in [-0.39, 0.29) is 50.1 Å². The van der Waals surface area contributed by atoms with Crippen LogP contribution in [0.1, 0.15) is 26.7 Å². The molecule has 1 aliphatic rings. The summed E-state index contributed by atoms with van der Waals surface area (Å²) in [6, 6.07) is -0.712. The third-order valence-electron chi connectivity index (χ3n) is 2.18. The van der Waals surface area contributed by atoms with E-state index in [2.05, 4.69) is 10.6 Å². The molecule has 7 nitrogen and oxygen atoms in total. The highest BCUT2D eigenvalue weighted by Crippen LogP contribution is 2.04. The lowest BCUT2D eigenvalue weighted by atomic mass is 10.2. The van der Waals surface area contributed by atoms with Crippen LogP contribution in [0.15, 0.2) is 0 Å². The molecule has 18 heavy (non-hydrogen) atoms. The first-order chi connectivity index (χ1) is 8.47. The maximum Gasteiger partial charge on any atom is 0.315 e. The van der Waals surface area contributed by atoms with Gasteiger partial charge < -0.3 is 20.1 Å². The minimum atomic E-state index is -0.421. The molecule has 0 saturated carbocycles. The number of cyclic esters (lactones) is 1. The van der Waals surface area contributed by atoms with Gasteiger partial charge in [0.25, 0.3) is 0 Å². The Bertz CT molecular complexity index is 329. The number of urea groups is 1. The second kappa shape index (κ2) is 6.83. The number of hydrogen-bond acceptors (Lipinski definition) is 5. The van der Waals surface area contributed by atoms with Crippen molar-refractivity contribution in [1.29, 1.82) is 0 Å². The van der Waals surface area contributed by atoms with E-state index in [4.69, 9.17) is 9.47 Å². The van der Waals surface area contributed by atoms with Gasteiger partial charge in [0.2, 0.25) is 0 Å². The average Bonchev–Trinajstić information content (AvgIpc) is 2.62. The van der Waals surface area contributed by atoms with Gasteiger partial charge in [-0.3, -0.25) is 9.59 Å². The lowest BCUT2D eigenvalue weighted by Gasteiger charge is -2.11. The minimum Gasteiger partial charge on any atom is -0.463 e. The van der Waals surface area contributed by atoms with Gasteiger partial charge in [-0.25, -0.2) is 4.79 Å². The van der Waals surface area contributed by atoms with Gasteiger partial charge in [0.1, 0.15) is 6.61 Å². The molecule has 0 spiro atoms. The average molecular weight is 258 g/mol. The number of rotatable bonds is 5. The largest absolute Gasteiger partial charge is 0.463 e. The normalized spacial score (nSPS) is 18.4. The third kappa shape index (κ3) is 5.51. The number of carbonyl (C=O) groups excluding carboxylic acids is 3. The second-order valence-electron chi connectivity index (χ2n) is 4.27. The Morgan fingerprint density at radius 2 is 2.22 bits per heavy atom. The summed E-state index contributed by atoms with van der Waals surface area (Å²) in [5.74, 6) is -0.675. The van der Waals surface area contributed by atoms with Crippen LogP contribution >= 0.6 is 0 Å². The Morgan fingerprint density at radius 1 is 1.50 bits per heavy atom. The molecule has 0 aromatic heterocycles. The fraction of sp³-hybridized carbons (Fsp3) is 0.727. The van der Waals surface area contributed by atoms with Crippen molar-refractivity contribution >= 4 is 18.0 Å². The van der Waals surface area contributed by atoms with Crippen molar-refractivity contribution in [3.8, 4) is 0 Å². The van der Waals surface area contributed by atoms with E-state index < -0.39 is 6.03 Å². The van der Waals surface area contributed by atoms with E-state index in [0.717, 1.165) is 0 Å². The molecule has 1 fully saturated rings. The lowest BCUT2D eigenvalue weighted by Crippen LogP contribution is -2.43. The fourth-order valence-electron chi connectivity index (χ4n) is 1.44. The van der Waals surface area contributed by atoms with Gasteiger partial charge in [-0.2, -0.15) is 0 Å². The standard InChI is InChI=1S/C11H18N2O5/c1-7(2)18-9(14)3-4-12-11(16)13-8-5-10(15)17-6-8/h7-8H,3-6H2,1-2H3,(H2,12,13,16)/t8-/m0/s1. The number of esters is 2. The van der Waals surface area contributed by atoms with Gasteiger partial charge in [0.05, 0.1) is 25.0 Å². The van der Waals surface area contributed by atoms with Crippen LogP contribution in [0.5, 0.6) is 0 Å². The first kappa shape index (κ1) is 14.3. The summed E-state index contributed by atoms with van der Waals surface area (Å²) in [5.41, 5.74) is 0. The topological polar surface area (TPSA) is 93.7 Å². The summed E-state index contributed by atoms with van der Waals surface area (Å²) in [6.07, 6.45) is 0.141. The summed E-state index contributed by atoms with van der Waals surface area (Å²) in [6.45, 7) is 3.91. The highest BCUT2D eigenvalue weighted by molar-refractivity contribution is 5.78. The van der Waals surface area contributed by atoms with Crippen molar-refractivity contribution < 1.29 is 23.9 Å². The van der Waals surface area contributed by atoms with E-state index in [9.17, 15) is 14.4 Å². The number of amides is 2. The van der Waals surface area contributed by atoms with Crippen LogP contribution in [-0.2, 0) is 19.1 Å². The SMILES string of the molecule is CC(C)OC(=O)CCNC(=O)N[C@@H]1COC(=O)C1. The summed E-state index contributed by atoms with van der Waals surface area (Å²) < 4.78 is 9.60. The second-order valence-corrected chi connectivity index (χ2v) is 4.27. The van der Waals surface area contributed by atoms with Crippen LogP contribution in [0.25, 0.3) is 0 Å². The molecule has 1 aliphatic heterocycles. The Hall–Kier alpha value is -1.79. The van der Waals surface area contributed by atoms with Crippen LogP contribution in [0.2, 0.25) is 0 Å². The summed E-state index contributed by atoms with van der Waals surface area (Å²) in [5, 5.41) is 5.09. The molecule has 7 heteroatoms. The molecule has 0 radical (unpaired) electrons. The molecule has 1 saturated heterocycles. The molecule has 0 aromatic rings. The molecule has 1 heterocycles. The molecule has 1 atom stereocenters. The summed E-state index contributed by atoms with van der Waals surface area (Å²) in [4.78, 5) is 33.3. The van der Waals surface area contributed by atoms with Crippen molar-refractivity contribution in [2.75, 3.05) is 13.2 Å². The van der Waals surface area contributed by atoms with E-state index in [1.54, 1.807) is 13.8 Å². The zero-order valence-electron chi connectivity index (χ0n) is 10.5. The maximum absolute atomic E-state index is 11.4. The molecular weight excluding hydrogens is 240 g/mol. The predicted molar refractivity (Wildman–Crippen MR) is 61.7 cm³/mol. The number of hydrogen-bond donors (Lipinski definition) is 2. The van der Waals surface area contributed by atoms with E-state index in [0.29, 0.717) is 0 Å². The quantitative estimate of drug-likeness (QED) is 0.674. The maximum atomic E-state index is 11.4. The molecule has 0 unspecified atom stereocenters. The molecule has 1 rings (SSSR count). The van der Waals surface area contributed by atoms with Gasteiger partial charge in [0, 0.05) is 6.54 Å². The molecule has 102 valence electrons. The van der Waals surface area contributed by atoms with Crippen LogP contribution in [0.3, 0.4) is 0 Å². The van der Waals surface area contributed by atoms with E-state index >= 15 is 0 Å². The molecule has 0 aliphatic carbocycles. The van der Waals surface area contributed by atoms with Crippen molar-refractivity contribution in [3.63, 3.8) is 0 Å². The molecule has 2 amide bonds. The van der Waals surface area contributed by atoms with Gasteiger partial charge >= 0.3 is 18.0 Å². The Kier molecular flexibility index (Phi) is 5.41. The number of nitrogens with one attached hydrogen (secondary N) is 2. The van der Waals surface area contributed by atoms with Gasteiger partial charge in [0.15, 0.2) is 0 Å². The van der Waals surface area contributed by atoms with Crippen molar-refractivity contribution in [1.82, 2.24) is 10.6 Å².